The number of ether oxygens (including phenoxy) is 3. The van der Waals surface area contributed by atoms with E-state index in [1.807, 2.05) is 32.0 Å². The first-order chi connectivity index (χ1) is 17.4. The Morgan fingerprint density at radius 3 is 1.72 bits per heavy atom. The molecule has 1 aliphatic carbocycles. The standard InChI is InChI=1S/C31H35NO4/c1-22(33)32-20-23-19-24(29-28(23)35-30(2,3)36-29)21-34-31(25-13-7-4-8-14-25,26-15-9-5-10-16-26)27-17-11-6-12-18-27/h4-18,23-24,28-29H,19-21H2,1-3H3,(H,32,33)/t23-,24+,28-,29+/m0/s1. The first kappa shape index (κ1) is 24.7. The molecule has 1 N–H and O–H groups in total. The number of carbonyl (C=O) groups excluding carboxylic acids is 1. The molecule has 1 amide bonds. The van der Waals surface area contributed by atoms with E-state index in [4.69, 9.17) is 14.2 Å². The molecule has 5 rings (SSSR count). The third-order valence-electron chi connectivity index (χ3n) is 7.37. The van der Waals surface area contributed by atoms with Crippen LogP contribution in [-0.4, -0.2) is 37.1 Å². The van der Waals surface area contributed by atoms with Gasteiger partial charge in [-0.15, -0.1) is 0 Å². The molecule has 0 unspecified atom stereocenters. The average molecular weight is 486 g/mol. The van der Waals surface area contributed by atoms with Gasteiger partial charge in [0.2, 0.25) is 5.91 Å². The molecule has 2 fully saturated rings. The number of carbonyl (C=O) groups is 1. The molecule has 1 saturated heterocycles. The molecule has 5 heteroatoms. The highest BCUT2D eigenvalue weighted by molar-refractivity contribution is 5.72. The maximum absolute atomic E-state index is 11.6. The molecule has 0 spiro atoms. The van der Waals surface area contributed by atoms with Crippen LogP contribution in [0.5, 0.6) is 0 Å². The third kappa shape index (κ3) is 4.83. The number of nitrogens with one attached hydrogen (secondary N) is 1. The minimum atomic E-state index is -0.774. The average Bonchev–Trinajstić information content (AvgIpc) is 3.38. The van der Waals surface area contributed by atoms with Crippen LogP contribution in [0.4, 0.5) is 0 Å². The van der Waals surface area contributed by atoms with Crippen LogP contribution in [0.2, 0.25) is 0 Å². The molecule has 4 atom stereocenters. The fourth-order valence-corrected chi connectivity index (χ4v) is 5.84. The van der Waals surface area contributed by atoms with E-state index in [9.17, 15) is 4.79 Å². The summed E-state index contributed by atoms with van der Waals surface area (Å²) >= 11 is 0. The van der Waals surface area contributed by atoms with E-state index in [1.165, 1.54) is 0 Å². The molecule has 3 aromatic rings. The first-order valence-corrected chi connectivity index (χ1v) is 12.8. The Kier molecular flexibility index (Phi) is 6.98. The third-order valence-corrected chi connectivity index (χ3v) is 7.37. The highest BCUT2D eigenvalue weighted by atomic mass is 16.8. The van der Waals surface area contributed by atoms with Gasteiger partial charge in [0, 0.05) is 25.3 Å². The zero-order valence-corrected chi connectivity index (χ0v) is 21.2. The van der Waals surface area contributed by atoms with Crippen molar-refractivity contribution in [2.24, 2.45) is 11.8 Å². The van der Waals surface area contributed by atoms with Gasteiger partial charge in [-0.1, -0.05) is 91.0 Å². The molecule has 0 aromatic heterocycles. The van der Waals surface area contributed by atoms with Gasteiger partial charge in [0.1, 0.15) is 5.60 Å². The summed E-state index contributed by atoms with van der Waals surface area (Å²) in [5.41, 5.74) is 2.46. The Hall–Kier alpha value is -2.99. The highest BCUT2D eigenvalue weighted by Crippen LogP contribution is 2.47. The van der Waals surface area contributed by atoms with Gasteiger partial charge >= 0.3 is 0 Å². The zero-order valence-electron chi connectivity index (χ0n) is 21.2. The Labute approximate surface area is 213 Å². The minimum absolute atomic E-state index is 0.0272. The van der Waals surface area contributed by atoms with Crippen molar-refractivity contribution in [1.29, 1.82) is 0 Å². The number of hydrogen-bond donors (Lipinski definition) is 1. The Morgan fingerprint density at radius 1 is 0.833 bits per heavy atom. The van der Waals surface area contributed by atoms with Crippen molar-refractivity contribution in [3.8, 4) is 0 Å². The maximum Gasteiger partial charge on any atom is 0.216 e. The van der Waals surface area contributed by atoms with Crippen LogP contribution in [0.15, 0.2) is 91.0 Å². The molecule has 188 valence electrons. The molecule has 3 aromatic carbocycles. The van der Waals surface area contributed by atoms with Crippen molar-refractivity contribution in [2.45, 2.75) is 50.8 Å². The summed E-state index contributed by atoms with van der Waals surface area (Å²) in [5, 5.41) is 2.98. The summed E-state index contributed by atoms with van der Waals surface area (Å²) in [6.07, 6.45) is 0.707. The fourth-order valence-electron chi connectivity index (χ4n) is 5.84. The lowest BCUT2D eigenvalue weighted by molar-refractivity contribution is -0.165. The van der Waals surface area contributed by atoms with Crippen LogP contribution >= 0.6 is 0 Å². The van der Waals surface area contributed by atoms with Crippen LogP contribution in [-0.2, 0) is 24.6 Å². The minimum Gasteiger partial charge on any atom is -0.360 e. The van der Waals surface area contributed by atoms with Crippen LogP contribution < -0.4 is 5.32 Å². The molecule has 1 aliphatic heterocycles. The summed E-state index contributed by atoms with van der Waals surface area (Å²) < 4.78 is 19.8. The van der Waals surface area contributed by atoms with Crippen LogP contribution in [0.3, 0.4) is 0 Å². The van der Waals surface area contributed by atoms with Gasteiger partial charge in [-0.25, -0.2) is 0 Å². The maximum atomic E-state index is 11.6. The van der Waals surface area contributed by atoms with Crippen LogP contribution in [0.1, 0.15) is 43.9 Å². The van der Waals surface area contributed by atoms with E-state index in [1.54, 1.807) is 6.92 Å². The Morgan fingerprint density at radius 2 is 1.28 bits per heavy atom. The van der Waals surface area contributed by atoms with E-state index in [0.717, 1.165) is 23.1 Å². The summed E-state index contributed by atoms with van der Waals surface area (Å²) in [5.74, 6) is -0.377. The van der Waals surface area contributed by atoms with E-state index in [2.05, 4.69) is 78.1 Å². The largest absolute Gasteiger partial charge is 0.360 e. The van der Waals surface area contributed by atoms with Gasteiger partial charge in [-0.05, 0) is 37.0 Å². The van der Waals surface area contributed by atoms with Gasteiger partial charge in [0.15, 0.2) is 5.79 Å². The molecule has 0 bridgehead atoms. The number of rotatable bonds is 8. The number of amides is 1. The van der Waals surface area contributed by atoms with Crippen LogP contribution in [0.25, 0.3) is 0 Å². The topological polar surface area (TPSA) is 56.8 Å². The molecule has 0 radical (unpaired) electrons. The van der Waals surface area contributed by atoms with Crippen molar-refractivity contribution in [2.75, 3.05) is 13.2 Å². The summed E-state index contributed by atoms with van der Waals surface area (Å²) in [4.78, 5) is 11.6. The molecule has 5 nitrogen and oxygen atoms in total. The Bertz CT molecular complexity index is 1050. The number of benzene rings is 3. The quantitative estimate of drug-likeness (QED) is 0.441. The lowest BCUT2D eigenvalue weighted by atomic mass is 9.80. The predicted molar refractivity (Wildman–Crippen MR) is 139 cm³/mol. The zero-order chi connectivity index (χ0) is 25.2. The van der Waals surface area contributed by atoms with E-state index >= 15 is 0 Å². The molecule has 1 saturated carbocycles. The molecule has 1 heterocycles. The lowest BCUT2D eigenvalue weighted by Crippen LogP contribution is -2.37. The van der Waals surface area contributed by atoms with Gasteiger partial charge < -0.3 is 19.5 Å². The van der Waals surface area contributed by atoms with Crippen LogP contribution in [0, 0.1) is 11.8 Å². The highest BCUT2D eigenvalue weighted by Gasteiger charge is 2.54. The van der Waals surface area contributed by atoms with E-state index in [-0.39, 0.29) is 30.0 Å². The van der Waals surface area contributed by atoms with Gasteiger partial charge in [0.25, 0.3) is 0 Å². The van der Waals surface area contributed by atoms with Crippen molar-refractivity contribution >= 4 is 5.91 Å². The summed E-state index contributed by atoms with van der Waals surface area (Å²) in [7, 11) is 0. The smallest absolute Gasteiger partial charge is 0.216 e. The van der Waals surface area contributed by atoms with Crippen molar-refractivity contribution in [3.05, 3.63) is 108 Å². The van der Waals surface area contributed by atoms with Crippen molar-refractivity contribution in [1.82, 2.24) is 5.32 Å². The Balaban J connectivity index is 1.50. The normalized spacial score (nSPS) is 24.9. The SMILES string of the molecule is CC(=O)NC[C@@H]1C[C@H](COC(c2ccccc2)(c2ccccc2)c2ccccc2)[C@H]2OC(C)(C)O[C@@H]12. The lowest BCUT2D eigenvalue weighted by Gasteiger charge is -2.37. The van der Waals surface area contributed by atoms with Gasteiger partial charge in [0.05, 0.1) is 18.8 Å². The molecule has 36 heavy (non-hydrogen) atoms. The van der Waals surface area contributed by atoms with Gasteiger partial charge in [-0.3, -0.25) is 4.79 Å². The van der Waals surface area contributed by atoms with Crippen molar-refractivity contribution < 1.29 is 19.0 Å². The second-order valence-corrected chi connectivity index (χ2v) is 10.3. The second-order valence-electron chi connectivity index (χ2n) is 10.3. The summed E-state index contributed by atoms with van der Waals surface area (Å²) in [6, 6.07) is 31.3. The second kappa shape index (κ2) is 10.2. The number of hydrogen-bond acceptors (Lipinski definition) is 4. The fraction of sp³-hybridized carbons (Fsp3) is 0.387. The monoisotopic (exact) mass is 485 g/mol. The van der Waals surface area contributed by atoms with E-state index in [0.29, 0.717) is 13.2 Å². The van der Waals surface area contributed by atoms with Crippen molar-refractivity contribution in [3.63, 3.8) is 0 Å². The predicted octanol–water partition coefficient (Wildman–Crippen LogP) is 5.29. The first-order valence-electron chi connectivity index (χ1n) is 12.8. The molecular weight excluding hydrogens is 450 g/mol. The molecule has 2 aliphatic rings. The summed E-state index contributed by atoms with van der Waals surface area (Å²) in [6.45, 7) is 6.54. The number of fused-ring (bicyclic) bond motifs is 1. The molecular formula is C31H35NO4. The van der Waals surface area contributed by atoms with Gasteiger partial charge in [-0.2, -0.15) is 0 Å². The van der Waals surface area contributed by atoms with E-state index < -0.39 is 11.4 Å².